The molecule has 0 radical (unpaired) electrons. The number of ether oxygens (including phenoxy) is 2. The summed E-state index contributed by atoms with van der Waals surface area (Å²) in [5, 5.41) is 11.4. The molecule has 0 aliphatic heterocycles. The Labute approximate surface area is 195 Å². The van der Waals surface area contributed by atoms with Crippen molar-refractivity contribution in [1.29, 1.82) is 0 Å². The van der Waals surface area contributed by atoms with Crippen LogP contribution in [-0.4, -0.2) is 24.6 Å². The molecule has 0 N–H and O–H groups in total. The van der Waals surface area contributed by atoms with Crippen molar-refractivity contribution in [2.45, 2.75) is 96.8 Å². The van der Waals surface area contributed by atoms with E-state index in [0.717, 1.165) is 19.3 Å². The fraction of sp³-hybridized carbons (Fsp3) is 0.708. The number of nitro benzene ring substituents is 1. The van der Waals surface area contributed by atoms with Gasteiger partial charge in [-0.15, -0.1) is 0 Å². The van der Waals surface area contributed by atoms with Gasteiger partial charge in [-0.05, 0) is 28.4 Å². The van der Waals surface area contributed by atoms with E-state index in [1.165, 1.54) is 89.9 Å². The number of nitrogens with zero attached hydrogens (tertiary/aromatic N) is 1. The van der Waals surface area contributed by atoms with Crippen molar-refractivity contribution >= 4 is 27.6 Å². The highest BCUT2D eigenvalue weighted by molar-refractivity contribution is 9.10. The molecule has 0 atom stereocenters. The van der Waals surface area contributed by atoms with Crippen LogP contribution < -0.4 is 4.74 Å². The van der Waals surface area contributed by atoms with Crippen LogP contribution in [0.3, 0.4) is 0 Å². The molecular weight excluding hydrogens is 462 g/mol. The molecule has 6 nitrogen and oxygen atoms in total. The van der Waals surface area contributed by atoms with E-state index in [9.17, 15) is 14.9 Å². The lowest BCUT2D eigenvalue weighted by Crippen LogP contribution is -2.06. The number of hydrogen-bond acceptors (Lipinski definition) is 5. The quantitative estimate of drug-likeness (QED) is 0.0883. The second kappa shape index (κ2) is 17.0. The zero-order valence-corrected chi connectivity index (χ0v) is 20.7. The monoisotopic (exact) mass is 499 g/mol. The minimum Gasteiger partial charge on any atom is -0.486 e. The molecule has 0 aromatic heterocycles. The van der Waals surface area contributed by atoms with Crippen molar-refractivity contribution in [3.8, 4) is 5.75 Å². The van der Waals surface area contributed by atoms with Crippen LogP contribution in [-0.2, 0) is 4.74 Å². The lowest BCUT2D eigenvalue weighted by Gasteiger charge is -2.10. The first-order valence-electron chi connectivity index (χ1n) is 11.7. The van der Waals surface area contributed by atoms with Crippen molar-refractivity contribution < 1.29 is 19.2 Å². The fourth-order valence-corrected chi connectivity index (χ4v) is 4.13. The summed E-state index contributed by atoms with van der Waals surface area (Å²) in [5.74, 6) is -0.463. The van der Waals surface area contributed by atoms with Gasteiger partial charge in [0.2, 0.25) is 5.75 Å². The Bertz CT molecular complexity index is 666. The van der Waals surface area contributed by atoms with Crippen LogP contribution in [0, 0.1) is 10.1 Å². The van der Waals surface area contributed by atoms with Gasteiger partial charge in [-0.3, -0.25) is 10.1 Å². The Morgan fingerprint density at radius 1 is 0.903 bits per heavy atom. The maximum Gasteiger partial charge on any atom is 0.338 e. The van der Waals surface area contributed by atoms with Crippen LogP contribution in [0.1, 0.15) is 107 Å². The van der Waals surface area contributed by atoms with Crippen LogP contribution in [0.2, 0.25) is 0 Å². The number of methoxy groups -OCH3 is 1. The number of esters is 1. The number of benzene rings is 1. The standard InChI is InChI=1S/C24H38BrNO5/c1-3-4-5-6-7-8-9-10-11-12-13-14-15-16-17-31-23-21(25)18-20(24(27)30-2)19-22(23)26(28)29/h18-19H,3-17H2,1-2H3. The molecule has 0 unspecified atom stereocenters. The second-order valence-corrected chi connectivity index (χ2v) is 8.85. The summed E-state index contributed by atoms with van der Waals surface area (Å²) >= 11 is 3.27. The van der Waals surface area contributed by atoms with E-state index in [1.807, 2.05) is 0 Å². The van der Waals surface area contributed by atoms with E-state index in [0.29, 0.717) is 11.1 Å². The van der Waals surface area contributed by atoms with Crippen LogP contribution in [0.4, 0.5) is 5.69 Å². The number of carbonyl (C=O) groups is 1. The molecule has 0 saturated heterocycles. The topological polar surface area (TPSA) is 78.7 Å². The number of rotatable bonds is 18. The number of halogens is 1. The van der Waals surface area contributed by atoms with Crippen LogP contribution in [0.5, 0.6) is 5.75 Å². The number of carbonyl (C=O) groups excluding carboxylic acids is 1. The Morgan fingerprint density at radius 3 is 1.84 bits per heavy atom. The fourth-order valence-electron chi connectivity index (χ4n) is 3.56. The van der Waals surface area contributed by atoms with Gasteiger partial charge in [0.1, 0.15) is 0 Å². The van der Waals surface area contributed by atoms with E-state index in [4.69, 9.17) is 4.74 Å². The molecule has 7 heteroatoms. The van der Waals surface area contributed by atoms with Gasteiger partial charge < -0.3 is 9.47 Å². The van der Waals surface area contributed by atoms with E-state index < -0.39 is 10.9 Å². The SMILES string of the molecule is CCCCCCCCCCCCCCCCOc1c(Br)cc(C(=O)OC)cc1[N+](=O)[O-]. The lowest BCUT2D eigenvalue weighted by atomic mass is 10.0. The van der Waals surface area contributed by atoms with E-state index in [1.54, 1.807) is 0 Å². The number of unbranched alkanes of at least 4 members (excludes halogenated alkanes) is 13. The normalized spacial score (nSPS) is 10.8. The Morgan fingerprint density at radius 2 is 1.39 bits per heavy atom. The molecule has 0 fully saturated rings. The summed E-state index contributed by atoms with van der Waals surface area (Å²) in [6, 6.07) is 2.68. The molecule has 0 bridgehead atoms. The first-order chi connectivity index (χ1) is 15.0. The third kappa shape index (κ3) is 11.5. The molecule has 31 heavy (non-hydrogen) atoms. The van der Waals surface area contributed by atoms with Crippen molar-refractivity contribution in [1.82, 2.24) is 0 Å². The van der Waals surface area contributed by atoms with Crippen molar-refractivity contribution in [3.63, 3.8) is 0 Å². The molecule has 0 amide bonds. The summed E-state index contributed by atoms with van der Waals surface area (Å²) in [4.78, 5) is 22.5. The van der Waals surface area contributed by atoms with Gasteiger partial charge in [-0.1, -0.05) is 90.4 Å². The van der Waals surface area contributed by atoms with E-state index in [2.05, 4.69) is 27.6 Å². The Balaban J connectivity index is 2.16. The maximum absolute atomic E-state index is 11.7. The van der Waals surface area contributed by atoms with Crippen molar-refractivity contribution in [2.75, 3.05) is 13.7 Å². The molecule has 1 rings (SSSR count). The van der Waals surface area contributed by atoms with Gasteiger partial charge in [-0.25, -0.2) is 4.79 Å². The molecule has 1 aromatic carbocycles. The zero-order valence-electron chi connectivity index (χ0n) is 19.1. The van der Waals surface area contributed by atoms with Crippen LogP contribution in [0.25, 0.3) is 0 Å². The first-order valence-corrected chi connectivity index (χ1v) is 12.5. The van der Waals surface area contributed by atoms with Gasteiger partial charge in [0, 0.05) is 6.07 Å². The van der Waals surface area contributed by atoms with Gasteiger partial charge in [0.15, 0.2) is 0 Å². The highest BCUT2D eigenvalue weighted by atomic mass is 79.9. The summed E-state index contributed by atoms with van der Waals surface area (Å²) in [7, 11) is 1.24. The summed E-state index contributed by atoms with van der Waals surface area (Å²) in [6.07, 6.45) is 17.8. The largest absolute Gasteiger partial charge is 0.486 e. The first kappa shape index (κ1) is 27.4. The number of nitro groups is 1. The van der Waals surface area contributed by atoms with Gasteiger partial charge >= 0.3 is 11.7 Å². The van der Waals surface area contributed by atoms with Gasteiger partial charge in [0.25, 0.3) is 0 Å². The molecular formula is C24H38BrNO5. The minimum absolute atomic E-state index is 0.116. The summed E-state index contributed by atoms with van der Waals surface area (Å²) in [5.41, 5.74) is -0.120. The summed E-state index contributed by atoms with van der Waals surface area (Å²) in [6.45, 7) is 2.67. The van der Waals surface area contributed by atoms with Crippen LogP contribution in [0.15, 0.2) is 16.6 Å². The predicted octanol–water partition coefficient (Wildman–Crippen LogP) is 8.00. The molecule has 0 aliphatic carbocycles. The smallest absolute Gasteiger partial charge is 0.338 e. The molecule has 0 spiro atoms. The van der Waals surface area contributed by atoms with E-state index >= 15 is 0 Å². The molecule has 0 saturated carbocycles. The number of hydrogen-bond donors (Lipinski definition) is 0. The lowest BCUT2D eigenvalue weighted by molar-refractivity contribution is -0.386. The average molecular weight is 500 g/mol. The third-order valence-electron chi connectivity index (χ3n) is 5.39. The Kier molecular flexibility index (Phi) is 15.0. The van der Waals surface area contributed by atoms with Gasteiger partial charge in [0.05, 0.1) is 28.7 Å². The highest BCUT2D eigenvalue weighted by Gasteiger charge is 2.23. The molecule has 1 aromatic rings. The molecule has 0 aliphatic rings. The highest BCUT2D eigenvalue weighted by Crippen LogP contribution is 2.36. The molecule has 176 valence electrons. The second-order valence-electron chi connectivity index (χ2n) is 8.00. The van der Waals surface area contributed by atoms with E-state index in [-0.39, 0.29) is 17.0 Å². The van der Waals surface area contributed by atoms with Crippen molar-refractivity contribution in [2.24, 2.45) is 0 Å². The molecule has 0 heterocycles. The van der Waals surface area contributed by atoms with Crippen molar-refractivity contribution in [3.05, 3.63) is 32.3 Å². The maximum atomic E-state index is 11.7. The van der Waals surface area contributed by atoms with Crippen LogP contribution >= 0.6 is 15.9 Å². The Hall–Kier alpha value is -1.63. The summed E-state index contributed by atoms with van der Waals surface area (Å²) < 4.78 is 10.7. The third-order valence-corrected chi connectivity index (χ3v) is 5.98. The predicted molar refractivity (Wildman–Crippen MR) is 128 cm³/mol. The zero-order chi connectivity index (χ0) is 22.9. The van der Waals surface area contributed by atoms with Gasteiger partial charge in [-0.2, -0.15) is 0 Å². The average Bonchev–Trinajstić information content (AvgIpc) is 2.76. The minimum atomic E-state index is -0.623.